The number of nitrogens with one attached hydrogen (secondary N) is 1. The van der Waals surface area contributed by atoms with Gasteiger partial charge in [0.25, 0.3) is 0 Å². The van der Waals surface area contributed by atoms with Gasteiger partial charge in [-0.3, -0.25) is 0 Å². The zero-order valence-corrected chi connectivity index (χ0v) is 19.5. The van der Waals surface area contributed by atoms with Crippen LogP contribution >= 0.6 is 11.3 Å². The first kappa shape index (κ1) is 23.2. The van der Waals surface area contributed by atoms with E-state index in [2.05, 4.69) is 51.9 Å². The third kappa shape index (κ3) is 4.84. The van der Waals surface area contributed by atoms with Crippen LogP contribution in [-0.4, -0.2) is 28.4 Å². The fraction of sp³-hybridized carbons (Fsp3) is 0.148. The molecular weight excluding hydrogens is 446 g/mol. The Balaban J connectivity index is 1.84. The number of oxime groups is 1. The molecule has 4 aromatic rings. The third-order valence-corrected chi connectivity index (χ3v) is 6.07. The lowest BCUT2D eigenvalue weighted by Gasteiger charge is -2.36. The average molecular weight is 472 g/mol. The van der Waals surface area contributed by atoms with Gasteiger partial charge in [0, 0.05) is 5.38 Å². The standard InChI is InChI=1S/C27H25N3O3S/c1-2-18-33-30-24(25(31)32)23-19-34-26(28-23)29-27(20-12-6-3-7-13-20,21-14-8-4-9-15-21)22-16-10-5-11-17-22/h3-17,19H,2,18H2,1H3,(H,28,29)(H,31,32). The van der Waals surface area contributed by atoms with Crippen LogP contribution in [0.2, 0.25) is 0 Å². The van der Waals surface area contributed by atoms with Gasteiger partial charge in [-0.15, -0.1) is 11.3 Å². The van der Waals surface area contributed by atoms with Crippen LogP contribution in [0.4, 0.5) is 5.13 Å². The molecule has 0 aliphatic heterocycles. The molecule has 3 aromatic carbocycles. The molecule has 0 saturated carbocycles. The molecule has 0 aliphatic carbocycles. The number of carboxylic acid groups (broad SMARTS) is 1. The number of aromatic nitrogens is 1. The first-order valence-electron chi connectivity index (χ1n) is 11.0. The maximum atomic E-state index is 11.8. The average Bonchev–Trinajstić information content (AvgIpc) is 3.34. The second-order valence-corrected chi connectivity index (χ2v) is 8.45. The van der Waals surface area contributed by atoms with E-state index in [0.717, 1.165) is 23.1 Å². The number of carboxylic acids is 1. The number of carbonyl (C=O) groups is 1. The number of hydrogen-bond donors (Lipinski definition) is 2. The zero-order valence-electron chi connectivity index (χ0n) is 18.7. The van der Waals surface area contributed by atoms with E-state index in [1.54, 1.807) is 5.38 Å². The topological polar surface area (TPSA) is 83.8 Å². The van der Waals surface area contributed by atoms with E-state index in [-0.39, 0.29) is 11.4 Å². The van der Waals surface area contributed by atoms with E-state index in [9.17, 15) is 9.90 Å². The number of hydrogen-bond acceptors (Lipinski definition) is 6. The van der Waals surface area contributed by atoms with E-state index in [1.165, 1.54) is 11.3 Å². The fourth-order valence-electron chi connectivity index (χ4n) is 3.78. The predicted molar refractivity (Wildman–Crippen MR) is 135 cm³/mol. The van der Waals surface area contributed by atoms with E-state index < -0.39 is 11.5 Å². The molecule has 1 aromatic heterocycles. The molecule has 0 spiro atoms. The summed E-state index contributed by atoms with van der Waals surface area (Å²) >= 11 is 1.32. The van der Waals surface area contributed by atoms with Gasteiger partial charge in [0.2, 0.25) is 5.71 Å². The summed E-state index contributed by atoms with van der Waals surface area (Å²) in [5.74, 6) is -1.19. The zero-order chi connectivity index (χ0) is 23.8. The van der Waals surface area contributed by atoms with Crippen molar-refractivity contribution in [1.82, 2.24) is 4.98 Å². The van der Waals surface area contributed by atoms with E-state index >= 15 is 0 Å². The first-order valence-corrected chi connectivity index (χ1v) is 11.9. The summed E-state index contributed by atoms with van der Waals surface area (Å²) in [7, 11) is 0. The molecule has 7 heteroatoms. The maximum absolute atomic E-state index is 11.8. The van der Waals surface area contributed by atoms with Crippen molar-refractivity contribution in [2.45, 2.75) is 18.9 Å². The van der Waals surface area contributed by atoms with Crippen molar-refractivity contribution in [3.63, 3.8) is 0 Å². The van der Waals surface area contributed by atoms with Gasteiger partial charge in [-0.25, -0.2) is 9.78 Å². The summed E-state index contributed by atoms with van der Waals surface area (Å²) in [5.41, 5.74) is 2.37. The van der Waals surface area contributed by atoms with Crippen LogP contribution in [0.25, 0.3) is 0 Å². The quantitative estimate of drug-likeness (QED) is 0.133. The molecule has 0 bridgehead atoms. The van der Waals surface area contributed by atoms with Crippen molar-refractivity contribution in [2.75, 3.05) is 11.9 Å². The van der Waals surface area contributed by atoms with E-state index in [4.69, 9.17) is 4.84 Å². The first-order chi connectivity index (χ1) is 16.6. The van der Waals surface area contributed by atoms with Crippen LogP contribution in [0.5, 0.6) is 0 Å². The number of nitrogens with zero attached hydrogens (tertiary/aromatic N) is 2. The Bertz CT molecular complexity index is 1150. The highest BCUT2D eigenvalue weighted by molar-refractivity contribution is 7.14. The lowest BCUT2D eigenvalue weighted by molar-refractivity contribution is -0.129. The number of benzene rings is 3. The minimum Gasteiger partial charge on any atom is -0.476 e. The van der Waals surface area contributed by atoms with Crippen molar-refractivity contribution < 1.29 is 14.7 Å². The molecule has 4 rings (SSSR count). The van der Waals surface area contributed by atoms with Crippen molar-refractivity contribution in [3.05, 3.63) is 119 Å². The van der Waals surface area contributed by atoms with Gasteiger partial charge in [0.15, 0.2) is 5.13 Å². The Hall–Kier alpha value is -3.97. The summed E-state index contributed by atoms with van der Waals surface area (Å²) < 4.78 is 0. The summed E-state index contributed by atoms with van der Waals surface area (Å²) in [6.45, 7) is 2.27. The van der Waals surface area contributed by atoms with Gasteiger partial charge in [-0.05, 0) is 23.1 Å². The van der Waals surface area contributed by atoms with Crippen LogP contribution in [0.3, 0.4) is 0 Å². The molecular formula is C27H25N3O3S. The minimum atomic E-state index is -1.19. The summed E-state index contributed by atoms with van der Waals surface area (Å²) in [4.78, 5) is 21.5. The van der Waals surface area contributed by atoms with Crippen LogP contribution in [0, 0.1) is 0 Å². The van der Waals surface area contributed by atoms with Crippen LogP contribution in [0.1, 0.15) is 35.7 Å². The Morgan fingerprint density at radius 3 is 1.88 bits per heavy atom. The van der Waals surface area contributed by atoms with Crippen LogP contribution in [0.15, 0.2) is 102 Å². The maximum Gasteiger partial charge on any atom is 0.360 e. The molecule has 6 nitrogen and oxygen atoms in total. The van der Waals surface area contributed by atoms with Crippen LogP contribution < -0.4 is 5.32 Å². The van der Waals surface area contributed by atoms with Gasteiger partial charge in [-0.1, -0.05) is 103 Å². The molecule has 0 aliphatic rings. The fourth-order valence-corrected chi connectivity index (χ4v) is 4.53. The normalized spacial score (nSPS) is 11.7. The van der Waals surface area contributed by atoms with E-state index in [0.29, 0.717) is 11.7 Å². The van der Waals surface area contributed by atoms with Crippen LogP contribution in [-0.2, 0) is 15.2 Å². The smallest absolute Gasteiger partial charge is 0.360 e. The van der Waals surface area contributed by atoms with Crippen molar-refractivity contribution in [3.8, 4) is 0 Å². The highest BCUT2D eigenvalue weighted by atomic mass is 32.1. The Kier molecular flexibility index (Phi) is 7.34. The molecule has 0 radical (unpaired) electrons. The number of thiazole rings is 1. The molecule has 172 valence electrons. The molecule has 1 heterocycles. The number of anilines is 1. The molecule has 0 saturated heterocycles. The van der Waals surface area contributed by atoms with Crippen molar-refractivity contribution in [1.29, 1.82) is 0 Å². The van der Waals surface area contributed by atoms with Gasteiger partial charge in [0.1, 0.15) is 17.8 Å². The molecule has 0 atom stereocenters. The lowest BCUT2D eigenvalue weighted by atomic mass is 9.77. The lowest BCUT2D eigenvalue weighted by Crippen LogP contribution is -2.38. The molecule has 2 N–H and O–H groups in total. The van der Waals surface area contributed by atoms with Gasteiger partial charge in [0.05, 0.1) is 0 Å². The van der Waals surface area contributed by atoms with Gasteiger partial charge < -0.3 is 15.3 Å². The second kappa shape index (κ2) is 10.8. The minimum absolute atomic E-state index is 0.220. The molecule has 0 unspecified atom stereocenters. The monoisotopic (exact) mass is 471 g/mol. The molecule has 0 fully saturated rings. The second-order valence-electron chi connectivity index (χ2n) is 7.59. The number of rotatable bonds is 10. The van der Waals surface area contributed by atoms with Gasteiger partial charge in [-0.2, -0.15) is 0 Å². The predicted octanol–water partition coefficient (Wildman–Crippen LogP) is 5.76. The highest BCUT2D eigenvalue weighted by Gasteiger charge is 2.37. The van der Waals surface area contributed by atoms with E-state index in [1.807, 2.05) is 61.5 Å². The SMILES string of the molecule is CCCON=C(C(=O)O)c1csc(NC(c2ccccc2)(c2ccccc2)c2ccccc2)n1. The highest BCUT2D eigenvalue weighted by Crippen LogP contribution is 2.40. The molecule has 0 amide bonds. The third-order valence-electron chi connectivity index (χ3n) is 5.32. The van der Waals surface area contributed by atoms with Gasteiger partial charge >= 0.3 is 5.97 Å². The largest absolute Gasteiger partial charge is 0.476 e. The van der Waals surface area contributed by atoms with Crippen molar-refractivity contribution in [2.24, 2.45) is 5.16 Å². The Morgan fingerprint density at radius 1 is 0.941 bits per heavy atom. The molecule has 34 heavy (non-hydrogen) atoms. The van der Waals surface area contributed by atoms with Crippen molar-refractivity contribution >= 4 is 28.1 Å². The summed E-state index contributed by atoms with van der Waals surface area (Å²) in [6, 6.07) is 30.4. The number of aliphatic carboxylic acids is 1. The Labute approximate surface area is 202 Å². The summed E-state index contributed by atoms with van der Waals surface area (Å²) in [5, 5.41) is 19.3. The Morgan fingerprint density at radius 2 is 1.44 bits per heavy atom. The summed E-state index contributed by atoms with van der Waals surface area (Å²) in [6.07, 6.45) is 0.730.